The van der Waals surface area contributed by atoms with Crippen molar-refractivity contribution in [3.05, 3.63) is 58.4 Å². The fraction of sp³-hybridized carbons (Fsp3) is 0.350. The Kier molecular flexibility index (Phi) is 7.25. The molecule has 1 amide bonds. The molecule has 0 aliphatic carbocycles. The van der Waals surface area contributed by atoms with E-state index in [0.29, 0.717) is 0 Å². The van der Waals surface area contributed by atoms with E-state index in [4.69, 9.17) is 11.6 Å². The van der Waals surface area contributed by atoms with Gasteiger partial charge in [-0.3, -0.25) is 4.79 Å². The number of carbonyl (C=O) groups is 1. The van der Waals surface area contributed by atoms with Crippen LogP contribution in [-0.4, -0.2) is 49.1 Å². The van der Waals surface area contributed by atoms with Crippen LogP contribution < -0.4 is 5.32 Å². The molecular weight excluding hydrogens is 457 g/mol. The summed E-state index contributed by atoms with van der Waals surface area (Å²) in [5.74, 6) is -1.39. The zero-order valence-corrected chi connectivity index (χ0v) is 17.8. The van der Waals surface area contributed by atoms with Crippen molar-refractivity contribution in [3.8, 4) is 0 Å². The van der Waals surface area contributed by atoms with Gasteiger partial charge in [0.1, 0.15) is 18.7 Å². The van der Waals surface area contributed by atoms with Gasteiger partial charge >= 0.3 is 0 Å². The Balaban J connectivity index is 1.92. The third-order valence-corrected chi connectivity index (χ3v) is 7.20. The minimum atomic E-state index is -4.31. The van der Waals surface area contributed by atoms with E-state index in [2.05, 4.69) is 5.32 Å². The Morgan fingerprint density at radius 1 is 1.26 bits per heavy atom. The van der Waals surface area contributed by atoms with Crippen molar-refractivity contribution in [1.82, 2.24) is 4.31 Å². The van der Waals surface area contributed by atoms with Crippen molar-refractivity contribution in [2.75, 3.05) is 18.4 Å². The van der Waals surface area contributed by atoms with Gasteiger partial charge in [-0.25, -0.2) is 21.6 Å². The van der Waals surface area contributed by atoms with E-state index < -0.39 is 52.1 Å². The molecule has 0 spiro atoms. The predicted octanol–water partition coefficient (Wildman–Crippen LogP) is 3.68. The highest BCUT2D eigenvalue weighted by Gasteiger charge is 2.34. The van der Waals surface area contributed by atoms with Crippen LogP contribution in [0.4, 0.5) is 18.9 Å². The van der Waals surface area contributed by atoms with Gasteiger partial charge in [0.2, 0.25) is 10.0 Å². The number of nitrogens with zero attached hydrogens (tertiary/aromatic N) is 1. The largest absolute Gasteiger partial charge is 0.389 e. The number of carbonyl (C=O) groups excluding carboxylic acids is 1. The quantitative estimate of drug-likeness (QED) is 0.689. The van der Waals surface area contributed by atoms with Crippen LogP contribution in [0.1, 0.15) is 28.8 Å². The lowest BCUT2D eigenvalue weighted by molar-refractivity contribution is 0.0710. The Morgan fingerprint density at radius 2 is 2.00 bits per heavy atom. The molecular formula is C20H20ClF3N2O4S. The van der Waals surface area contributed by atoms with Gasteiger partial charge in [-0.1, -0.05) is 17.7 Å². The summed E-state index contributed by atoms with van der Waals surface area (Å²) in [6.45, 7) is -1.62. The number of amides is 1. The van der Waals surface area contributed by atoms with Crippen molar-refractivity contribution < 1.29 is 31.5 Å². The number of aliphatic hydroxyl groups excluding tert-OH is 1. The van der Waals surface area contributed by atoms with Gasteiger partial charge in [0.15, 0.2) is 0 Å². The average molecular weight is 477 g/mol. The molecule has 6 nitrogen and oxygen atoms in total. The summed E-state index contributed by atoms with van der Waals surface area (Å²) in [6, 6.07) is 6.97. The molecule has 1 saturated heterocycles. The second-order valence-electron chi connectivity index (χ2n) is 7.13. The first-order valence-electron chi connectivity index (χ1n) is 9.41. The third-order valence-electron chi connectivity index (χ3n) is 4.96. The van der Waals surface area contributed by atoms with Crippen LogP contribution in [0.2, 0.25) is 5.02 Å². The van der Waals surface area contributed by atoms with E-state index in [1.165, 1.54) is 24.3 Å². The van der Waals surface area contributed by atoms with Crippen LogP contribution in [0.25, 0.3) is 0 Å². The molecule has 0 aromatic heterocycles. The monoisotopic (exact) mass is 476 g/mol. The van der Waals surface area contributed by atoms with Crippen LogP contribution >= 0.6 is 11.6 Å². The fourth-order valence-corrected chi connectivity index (χ4v) is 5.16. The van der Waals surface area contributed by atoms with E-state index in [1.54, 1.807) is 0 Å². The number of hydrogen-bond donors (Lipinski definition) is 2. The minimum Gasteiger partial charge on any atom is -0.389 e. The molecule has 168 valence electrons. The van der Waals surface area contributed by atoms with Crippen LogP contribution in [0.15, 0.2) is 41.3 Å². The highest BCUT2D eigenvalue weighted by molar-refractivity contribution is 7.89. The van der Waals surface area contributed by atoms with Gasteiger partial charge in [0, 0.05) is 29.9 Å². The molecule has 1 aliphatic rings. The summed E-state index contributed by atoms with van der Waals surface area (Å²) in [6.07, 6.45) is -2.86. The Labute approximate surface area is 182 Å². The Hall–Kier alpha value is -2.14. The normalized spacial score (nSPS) is 20.3. The number of benzene rings is 2. The summed E-state index contributed by atoms with van der Waals surface area (Å²) >= 11 is 5.69. The van der Waals surface area contributed by atoms with E-state index in [9.17, 15) is 31.5 Å². The van der Waals surface area contributed by atoms with Gasteiger partial charge in [0.05, 0.1) is 16.0 Å². The number of β-amino-alcohol motifs (C(OH)–C–C–N with tert-alkyl or cyclic N) is 1. The summed E-state index contributed by atoms with van der Waals surface area (Å²) in [5.41, 5.74) is -0.0770. The predicted molar refractivity (Wildman–Crippen MR) is 110 cm³/mol. The van der Waals surface area contributed by atoms with Crippen molar-refractivity contribution in [2.24, 2.45) is 0 Å². The molecule has 31 heavy (non-hydrogen) atoms. The highest BCUT2D eigenvalue weighted by atomic mass is 35.5. The van der Waals surface area contributed by atoms with Crippen molar-refractivity contribution in [3.63, 3.8) is 0 Å². The minimum absolute atomic E-state index is 0.00578. The number of aliphatic hydroxyl groups is 1. The molecule has 2 atom stereocenters. The first-order chi connectivity index (χ1) is 14.6. The third kappa shape index (κ3) is 5.20. The number of sulfonamides is 1. The lowest BCUT2D eigenvalue weighted by Gasteiger charge is -2.23. The first kappa shape index (κ1) is 23.5. The molecule has 0 saturated carbocycles. The standard InChI is InChI=1S/C20H20ClF3N2O4S/c21-15-9-14(5-6-16(15)23)25-20(28)12-3-4-13(10-22)19(8-12)31(29,30)26-7-1-2-17(24)18(27)11-26/h3-6,8-9,17-18,27H,1-2,7,10-11H2,(H,25,28)/t17-,18-/m0/s1. The number of anilines is 1. The summed E-state index contributed by atoms with van der Waals surface area (Å²) in [7, 11) is -4.31. The molecule has 2 N–H and O–H groups in total. The molecule has 0 radical (unpaired) electrons. The van der Waals surface area contributed by atoms with Gasteiger partial charge in [0.25, 0.3) is 5.91 Å². The number of alkyl halides is 2. The van der Waals surface area contributed by atoms with Crippen molar-refractivity contribution in [2.45, 2.75) is 36.7 Å². The van der Waals surface area contributed by atoms with Crippen LogP contribution in [0, 0.1) is 5.82 Å². The number of hydrogen-bond acceptors (Lipinski definition) is 4. The number of halogens is 4. The van der Waals surface area contributed by atoms with Crippen LogP contribution in [0.5, 0.6) is 0 Å². The average Bonchev–Trinajstić information content (AvgIpc) is 2.91. The fourth-order valence-electron chi connectivity index (χ4n) is 3.25. The maximum atomic E-state index is 13.8. The molecule has 2 aromatic carbocycles. The maximum Gasteiger partial charge on any atom is 0.255 e. The molecule has 0 unspecified atom stereocenters. The van der Waals surface area contributed by atoms with Gasteiger partial charge in [-0.15, -0.1) is 0 Å². The van der Waals surface area contributed by atoms with Gasteiger partial charge in [-0.2, -0.15) is 4.31 Å². The zero-order chi connectivity index (χ0) is 22.8. The van der Waals surface area contributed by atoms with Crippen LogP contribution in [-0.2, 0) is 16.7 Å². The smallest absolute Gasteiger partial charge is 0.255 e. The van der Waals surface area contributed by atoms with E-state index in [0.717, 1.165) is 16.4 Å². The Bertz CT molecular complexity index is 1080. The van der Waals surface area contributed by atoms with E-state index >= 15 is 0 Å². The Morgan fingerprint density at radius 3 is 2.68 bits per heavy atom. The zero-order valence-electron chi connectivity index (χ0n) is 16.2. The van der Waals surface area contributed by atoms with Crippen molar-refractivity contribution >= 4 is 33.2 Å². The number of rotatable bonds is 5. The molecule has 1 heterocycles. The second-order valence-corrected chi connectivity index (χ2v) is 9.44. The summed E-state index contributed by atoms with van der Waals surface area (Å²) < 4.78 is 67.7. The summed E-state index contributed by atoms with van der Waals surface area (Å²) in [4.78, 5) is 12.1. The van der Waals surface area contributed by atoms with E-state index in [1.807, 2.05) is 0 Å². The van der Waals surface area contributed by atoms with Gasteiger partial charge in [-0.05, 0) is 43.2 Å². The molecule has 11 heteroatoms. The SMILES string of the molecule is O=C(Nc1ccc(F)c(Cl)c1)c1ccc(CF)c(S(=O)(=O)N2CCC[C@H](F)[C@@H](O)C2)c1. The second kappa shape index (κ2) is 9.56. The lowest BCUT2D eigenvalue weighted by atomic mass is 10.1. The topological polar surface area (TPSA) is 86.7 Å². The van der Waals surface area contributed by atoms with E-state index in [-0.39, 0.29) is 41.2 Å². The molecule has 1 aliphatic heterocycles. The maximum absolute atomic E-state index is 13.8. The first-order valence-corrected chi connectivity index (χ1v) is 11.2. The van der Waals surface area contributed by atoms with Crippen LogP contribution in [0.3, 0.4) is 0 Å². The van der Waals surface area contributed by atoms with Crippen molar-refractivity contribution in [1.29, 1.82) is 0 Å². The molecule has 1 fully saturated rings. The molecule has 3 rings (SSSR count). The highest BCUT2D eigenvalue weighted by Crippen LogP contribution is 2.27. The number of nitrogens with one attached hydrogen (secondary N) is 1. The lowest BCUT2D eigenvalue weighted by Crippen LogP contribution is -2.39. The van der Waals surface area contributed by atoms with Gasteiger partial charge < -0.3 is 10.4 Å². The summed E-state index contributed by atoms with van der Waals surface area (Å²) in [5, 5.41) is 12.1. The molecule has 2 aromatic rings. The molecule has 0 bridgehead atoms.